The summed E-state index contributed by atoms with van der Waals surface area (Å²) in [6.07, 6.45) is 2.82. The molecule has 0 unspecified atom stereocenters. The lowest BCUT2D eigenvalue weighted by molar-refractivity contribution is 0.102. The van der Waals surface area contributed by atoms with Crippen molar-refractivity contribution in [2.75, 3.05) is 18.4 Å². The van der Waals surface area contributed by atoms with Crippen LogP contribution in [0.25, 0.3) is 0 Å². The fraction of sp³-hybridized carbons (Fsp3) is 0.350. The fourth-order valence-corrected chi connectivity index (χ4v) is 4.73. The highest BCUT2D eigenvalue weighted by Gasteiger charge is 2.27. The predicted molar refractivity (Wildman–Crippen MR) is 103 cm³/mol. The van der Waals surface area contributed by atoms with E-state index in [0.29, 0.717) is 24.3 Å². The van der Waals surface area contributed by atoms with Crippen LogP contribution in [0.4, 0.5) is 5.69 Å². The molecule has 2 aromatic rings. The van der Waals surface area contributed by atoms with Gasteiger partial charge in [-0.15, -0.1) is 0 Å². The van der Waals surface area contributed by atoms with Gasteiger partial charge in [-0.2, -0.15) is 4.31 Å². The van der Waals surface area contributed by atoms with E-state index >= 15 is 0 Å². The first kappa shape index (κ1) is 18.6. The summed E-state index contributed by atoms with van der Waals surface area (Å²) in [4.78, 5) is 12.9. The van der Waals surface area contributed by atoms with Crippen molar-refractivity contribution in [2.24, 2.45) is 0 Å². The summed E-state index contributed by atoms with van der Waals surface area (Å²) in [6, 6.07) is 12.3. The van der Waals surface area contributed by atoms with E-state index in [4.69, 9.17) is 0 Å². The third-order valence-electron chi connectivity index (χ3n) is 4.68. The summed E-state index contributed by atoms with van der Waals surface area (Å²) in [7, 11) is -3.56. The molecule has 0 saturated carbocycles. The van der Waals surface area contributed by atoms with Crippen LogP contribution in [0.15, 0.2) is 47.4 Å². The van der Waals surface area contributed by atoms with E-state index in [-0.39, 0.29) is 10.8 Å². The molecule has 6 heteroatoms. The predicted octanol–water partition coefficient (Wildman–Crippen LogP) is 3.73. The van der Waals surface area contributed by atoms with Crippen molar-refractivity contribution >= 4 is 21.6 Å². The lowest BCUT2D eigenvalue weighted by Gasteiger charge is -2.26. The van der Waals surface area contributed by atoms with Crippen molar-refractivity contribution < 1.29 is 13.2 Å². The van der Waals surface area contributed by atoms with Gasteiger partial charge in [0.15, 0.2) is 0 Å². The number of benzene rings is 2. The molecule has 1 aliphatic heterocycles. The maximum absolute atomic E-state index is 12.9. The lowest BCUT2D eigenvalue weighted by Crippen LogP contribution is -2.35. The third-order valence-corrected chi connectivity index (χ3v) is 6.58. The molecule has 2 aromatic carbocycles. The van der Waals surface area contributed by atoms with Gasteiger partial charge in [0, 0.05) is 24.3 Å². The Hall–Kier alpha value is -2.18. The van der Waals surface area contributed by atoms with Crippen molar-refractivity contribution in [2.45, 2.75) is 38.0 Å². The smallest absolute Gasteiger partial charge is 0.255 e. The quantitative estimate of drug-likeness (QED) is 0.889. The van der Waals surface area contributed by atoms with E-state index in [1.807, 2.05) is 38.1 Å². The van der Waals surface area contributed by atoms with Gasteiger partial charge < -0.3 is 5.32 Å². The van der Waals surface area contributed by atoms with Gasteiger partial charge in [-0.1, -0.05) is 24.6 Å². The zero-order valence-corrected chi connectivity index (χ0v) is 16.0. The van der Waals surface area contributed by atoms with Crippen molar-refractivity contribution in [3.8, 4) is 0 Å². The number of rotatable bonds is 4. The molecule has 1 saturated heterocycles. The molecule has 0 aliphatic carbocycles. The van der Waals surface area contributed by atoms with Gasteiger partial charge in [0.1, 0.15) is 0 Å². The number of carbonyl (C=O) groups excluding carboxylic acids is 1. The minimum atomic E-state index is -3.56. The number of sulfonamides is 1. The summed E-state index contributed by atoms with van der Waals surface area (Å²) < 4.78 is 27.3. The Bertz CT molecular complexity index is 916. The molecular weight excluding hydrogens is 348 g/mol. The number of hydrogen-bond donors (Lipinski definition) is 1. The Balaban J connectivity index is 1.88. The lowest BCUT2D eigenvalue weighted by atomic mass is 10.1. The number of nitrogens with zero attached hydrogens (tertiary/aromatic N) is 1. The van der Waals surface area contributed by atoms with E-state index in [1.54, 1.807) is 12.1 Å². The summed E-state index contributed by atoms with van der Waals surface area (Å²) in [5, 5.41) is 2.85. The molecule has 1 amide bonds. The van der Waals surface area contributed by atoms with Gasteiger partial charge in [-0.05, 0) is 62.1 Å². The molecule has 1 fully saturated rings. The fourth-order valence-electron chi connectivity index (χ4n) is 3.18. The Morgan fingerprint density at radius 1 is 1.00 bits per heavy atom. The molecule has 1 aliphatic rings. The topological polar surface area (TPSA) is 66.5 Å². The van der Waals surface area contributed by atoms with Gasteiger partial charge in [0.25, 0.3) is 5.91 Å². The SMILES string of the molecule is Cc1cccc(NC(=O)c2cc(S(=O)(=O)N3CCCCC3)ccc2C)c1. The molecular formula is C20H24N2O3S. The van der Waals surface area contributed by atoms with Crippen LogP contribution in [0.2, 0.25) is 0 Å². The standard InChI is InChI=1S/C20H24N2O3S/c1-15-7-6-8-17(13-15)21-20(23)19-14-18(10-9-16(19)2)26(24,25)22-11-4-3-5-12-22/h6-10,13-14H,3-5,11-12H2,1-2H3,(H,21,23). The van der Waals surface area contributed by atoms with Crippen LogP contribution >= 0.6 is 0 Å². The Morgan fingerprint density at radius 2 is 1.73 bits per heavy atom. The molecule has 1 N–H and O–H groups in total. The summed E-state index contributed by atoms with van der Waals surface area (Å²) >= 11 is 0. The number of amides is 1. The zero-order valence-electron chi connectivity index (χ0n) is 15.2. The van der Waals surface area contributed by atoms with Crippen LogP contribution < -0.4 is 5.32 Å². The molecule has 26 heavy (non-hydrogen) atoms. The second kappa shape index (κ2) is 7.60. The molecule has 138 valence electrons. The van der Waals surface area contributed by atoms with Gasteiger partial charge in [-0.25, -0.2) is 8.42 Å². The maximum atomic E-state index is 12.9. The van der Waals surface area contributed by atoms with E-state index in [2.05, 4.69) is 5.32 Å². The molecule has 5 nitrogen and oxygen atoms in total. The number of piperidine rings is 1. The first-order valence-corrected chi connectivity index (χ1v) is 10.3. The van der Waals surface area contributed by atoms with Gasteiger partial charge >= 0.3 is 0 Å². The number of carbonyl (C=O) groups is 1. The van der Waals surface area contributed by atoms with Gasteiger partial charge in [0.2, 0.25) is 10.0 Å². The highest BCUT2D eigenvalue weighted by Crippen LogP contribution is 2.23. The van der Waals surface area contributed by atoms with Crippen LogP contribution in [-0.4, -0.2) is 31.7 Å². The minimum Gasteiger partial charge on any atom is -0.322 e. The van der Waals surface area contributed by atoms with E-state index in [1.165, 1.54) is 10.4 Å². The molecule has 1 heterocycles. The van der Waals surface area contributed by atoms with Gasteiger partial charge in [0.05, 0.1) is 4.90 Å². The number of hydrogen-bond acceptors (Lipinski definition) is 3. The summed E-state index contributed by atoms with van der Waals surface area (Å²) in [5.41, 5.74) is 2.86. The number of nitrogens with one attached hydrogen (secondary N) is 1. The number of anilines is 1. The second-order valence-electron chi connectivity index (χ2n) is 6.77. The van der Waals surface area contributed by atoms with Crippen LogP contribution in [0.1, 0.15) is 40.7 Å². The average molecular weight is 372 g/mol. The first-order chi connectivity index (χ1) is 12.4. The molecule has 0 aromatic heterocycles. The molecule has 0 bridgehead atoms. The normalized spacial score (nSPS) is 15.6. The molecule has 0 radical (unpaired) electrons. The van der Waals surface area contributed by atoms with Crippen LogP contribution in [0.3, 0.4) is 0 Å². The maximum Gasteiger partial charge on any atom is 0.255 e. The Kier molecular flexibility index (Phi) is 5.44. The number of aryl methyl sites for hydroxylation is 2. The third kappa shape index (κ3) is 3.97. The molecule has 0 spiro atoms. The van der Waals surface area contributed by atoms with Crippen LogP contribution in [0.5, 0.6) is 0 Å². The molecule has 3 rings (SSSR count). The van der Waals surface area contributed by atoms with E-state index in [0.717, 1.165) is 30.4 Å². The van der Waals surface area contributed by atoms with Crippen LogP contribution in [-0.2, 0) is 10.0 Å². The van der Waals surface area contributed by atoms with E-state index in [9.17, 15) is 13.2 Å². The minimum absolute atomic E-state index is 0.180. The second-order valence-corrected chi connectivity index (χ2v) is 8.70. The van der Waals surface area contributed by atoms with E-state index < -0.39 is 10.0 Å². The van der Waals surface area contributed by atoms with Crippen molar-refractivity contribution in [3.05, 3.63) is 59.2 Å². The zero-order chi connectivity index (χ0) is 18.7. The first-order valence-electron chi connectivity index (χ1n) is 8.87. The largest absolute Gasteiger partial charge is 0.322 e. The Labute approximate surface area is 155 Å². The Morgan fingerprint density at radius 3 is 2.42 bits per heavy atom. The van der Waals surface area contributed by atoms with Crippen molar-refractivity contribution in [3.63, 3.8) is 0 Å². The molecule has 0 atom stereocenters. The highest BCUT2D eigenvalue weighted by molar-refractivity contribution is 7.89. The summed E-state index contributed by atoms with van der Waals surface area (Å²) in [6.45, 7) is 4.84. The monoisotopic (exact) mass is 372 g/mol. The van der Waals surface area contributed by atoms with Gasteiger partial charge in [-0.3, -0.25) is 4.79 Å². The van der Waals surface area contributed by atoms with Crippen molar-refractivity contribution in [1.29, 1.82) is 0 Å². The van der Waals surface area contributed by atoms with Crippen molar-refractivity contribution in [1.82, 2.24) is 4.31 Å². The highest BCUT2D eigenvalue weighted by atomic mass is 32.2. The summed E-state index contributed by atoms with van der Waals surface area (Å²) in [5.74, 6) is -0.302. The average Bonchev–Trinajstić information content (AvgIpc) is 2.62. The van der Waals surface area contributed by atoms with Crippen LogP contribution in [0, 0.1) is 13.8 Å².